The number of ether oxygens (including phenoxy) is 2. The van der Waals surface area contributed by atoms with Crippen LogP contribution in [0.5, 0.6) is 11.5 Å². The van der Waals surface area contributed by atoms with E-state index in [4.69, 9.17) is 32.7 Å². The lowest BCUT2D eigenvalue weighted by Gasteiger charge is -2.10. The molecule has 4 aromatic carbocycles. The van der Waals surface area contributed by atoms with Gasteiger partial charge in [-0.15, -0.1) is 0 Å². The van der Waals surface area contributed by atoms with E-state index < -0.39 is 42.3 Å². The number of carbonyl (C=O) groups excluding carboxylic acids is 4. The van der Waals surface area contributed by atoms with Crippen molar-refractivity contribution >= 4 is 65.5 Å². The molecule has 0 aliphatic carbocycles. The van der Waals surface area contributed by atoms with Crippen molar-refractivity contribution in [2.75, 3.05) is 14.2 Å². The van der Waals surface area contributed by atoms with E-state index in [0.717, 1.165) is 0 Å². The zero-order valence-corrected chi connectivity index (χ0v) is 27.0. The Bertz CT molecular complexity index is 1840. The number of carbonyl (C=O) groups is 4. The molecule has 2 N–H and O–H groups in total. The molecular weight excluding hydrogens is 683 g/mol. The molecule has 0 atom stereocenters. The molecule has 0 aliphatic heterocycles. The van der Waals surface area contributed by atoms with E-state index in [-0.39, 0.29) is 43.5 Å². The number of amides is 2. The molecule has 0 fully saturated rings. The summed E-state index contributed by atoms with van der Waals surface area (Å²) >= 11 is 10.6. The fraction of sp³-hybridized carbons (Fsp3) is 0.0667. The number of sulfonamides is 2. The van der Waals surface area contributed by atoms with Crippen LogP contribution in [-0.4, -0.2) is 53.4 Å². The first-order chi connectivity index (χ1) is 21.7. The number of nitrogens with one attached hydrogen (secondary N) is 2. The van der Waals surface area contributed by atoms with Crippen LogP contribution in [0.1, 0.15) is 41.4 Å². The molecule has 0 saturated heterocycles. The summed E-state index contributed by atoms with van der Waals surface area (Å²) in [7, 11) is -5.41. The standard InChI is InChI=1S/2C15H12ClNO5S/c2*1-22-13-5-3-2-4-12(13)15(19)17-23(20,21)11-8-6-10(7-9-11)14(16)18/h2*2-9H,1H3,(H,17,19). The van der Waals surface area contributed by atoms with Crippen LogP contribution in [-0.2, 0) is 20.0 Å². The van der Waals surface area contributed by atoms with Crippen molar-refractivity contribution in [1.82, 2.24) is 9.44 Å². The summed E-state index contributed by atoms with van der Waals surface area (Å²) in [6.45, 7) is 0. The Morgan fingerprint density at radius 2 is 0.826 bits per heavy atom. The molecule has 4 aromatic rings. The Kier molecular flexibility index (Phi) is 12.0. The number of hydrogen-bond donors (Lipinski definition) is 2. The Morgan fingerprint density at radius 3 is 1.11 bits per heavy atom. The zero-order chi connectivity index (χ0) is 34.1. The van der Waals surface area contributed by atoms with Gasteiger partial charge in [0.15, 0.2) is 0 Å². The van der Waals surface area contributed by atoms with Crippen molar-refractivity contribution in [3.8, 4) is 11.5 Å². The van der Waals surface area contributed by atoms with Gasteiger partial charge in [0.05, 0.1) is 35.1 Å². The van der Waals surface area contributed by atoms with Gasteiger partial charge in [0.1, 0.15) is 11.5 Å². The normalized spacial score (nSPS) is 10.9. The molecule has 0 unspecified atom stereocenters. The van der Waals surface area contributed by atoms with Gasteiger partial charge in [-0.3, -0.25) is 19.2 Å². The second-order valence-corrected chi connectivity index (χ2v) is 12.9. The summed E-state index contributed by atoms with van der Waals surface area (Å²) in [5, 5.41) is -1.40. The Labute approximate surface area is 274 Å². The van der Waals surface area contributed by atoms with E-state index in [1.54, 1.807) is 36.4 Å². The third-order valence-corrected chi connectivity index (χ3v) is 9.07. The van der Waals surface area contributed by atoms with Gasteiger partial charge >= 0.3 is 0 Å². The van der Waals surface area contributed by atoms with E-state index in [0.29, 0.717) is 0 Å². The maximum Gasteiger partial charge on any atom is 0.268 e. The van der Waals surface area contributed by atoms with Gasteiger partial charge < -0.3 is 9.47 Å². The van der Waals surface area contributed by atoms with Crippen molar-refractivity contribution < 1.29 is 45.5 Å². The third-order valence-electron chi connectivity index (χ3n) is 5.94. The van der Waals surface area contributed by atoms with E-state index in [2.05, 4.69) is 0 Å². The SMILES string of the molecule is COc1ccccc1C(=O)NS(=O)(=O)c1ccc(C(=O)Cl)cc1.COc1ccccc1C(=O)NS(=O)(=O)c1ccc(C(=O)Cl)cc1. The van der Waals surface area contributed by atoms with Gasteiger partial charge in [-0.1, -0.05) is 24.3 Å². The van der Waals surface area contributed by atoms with E-state index in [1.807, 2.05) is 9.44 Å². The molecule has 240 valence electrons. The summed E-state index contributed by atoms with van der Waals surface area (Å²) in [4.78, 5) is 45.9. The van der Waals surface area contributed by atoms with Crippen LogP contribution in [0.4, 0.5) is 0 Å². The summed E-state index contributed by atoms with van der Waals surface area (Å²) in [6, 6.07) is 22.3. The highest BCUT2D eigenvalue weighted by molar-refractivity contribution is 7.90. The van der Waals surface area contributed by atoms with Crippen LogP contribution in [0.2, 0.25) is 0 Å². The van der Waals surface area contributed by atoms with Gasteiger partial charge in [-0.2, -0.15) is 0 Å². The van der Waals surface area contributed by atoms with Crippen molar-refractivity contribution in [2.45, 2.75) is 9.79 Å². The topological polar surface area (TPSA) is 179 Å². The first-order valence-corrected chi connectivity index (χ1v) is 16.4. The van der Waals surface area contributed by atoms with Gasteiger partial charge in [0.25, 0.3) is 42.3 Å². The predicted octanol–water partition coefficient (Wildman–Crippen LogP) is 4.39. The van der Waals surface area contributed by atoms with Gasteiger partial charge in [-0.25, -0.2) is 26.3 Å². The molecule has 2 amide bonds. The summed E-state index contributed by atoms with van der Waals surface area (Å²) in [6.07, 6.45) is 0. The van der Waals surface area contributed by atoms with Crippen LogP contribution in [0.3, 0.4) is 0 Å². The number of rotatable bonds is 10. The molecule has 0 saturated carbocycles. The first-order valence-electron chi connectivity index (χ1n) is 12.7. The number of hydrogen-bond acceptors (Lipinski definition) is 10. The fourth-order valence-electron chi connectivity index (χ4n) is 3.67. The fourth-order valence-corrected chi connectivity index (χ4v) is 5.85. The quantitative estimate of drug-likeness (QED) is 0.225. The molecule has 0 spiro atoms. The highest BCUT2D eigenvalue weighted by atomic mass is 35.5. The van der Waals surface area contributed by atoms with Crippen LogP contribution in [0.15, 0.2) is 107 Å². The summed E-state index contributed by atoms with van der Waals surface area (Å²) in [5.74, 6) is -1.13. The third kappa shape index (κ3) is 9.14. The zero-order valence-electron chi connectivity index (χ0n) is 23.9. The molecule has 4 rings (SSSR count). The minimum atomic E-state index is -4.08. The van der Waals surface area contributed by atoms with E-state index in [9.17, 15) is 36.0 Å². The molecule has 0 bridgehead atoms. The minimum Gasteiger partial charge on any atom is -0.496 e. The highest BCUT2D eigenvalue weighted by Gasteiger charge is 2.22. The molecular formula is C30H24Cl2N2O10S2. The smallest absolute Gasteiger partial charge is 0.268 e. The van der Waals surface area contributed by atoms with Gasteiger partial charge in [-0.05, 0) is 96.0 Å². The van der Waals surface area contributed by atoms with Crippen molar-refractivity contribution in [2.24, 2.45) is 0 Å². The van der Waals surface area contributed by atoms with Crippen molar-refractivity contribution in [1.29, 1.82) is 0 Å². The molecule has 0 heterocycles. The molecule has 0 aromatic heterocycles. The molecule has 12 nitrogen and oxygen atoms in total. The second kappa shape index (κ2) is 15.5. The van der Waals surface area contributed by atoms with E-state index >= 15 is 0 Å². The Morgan fingerprint density at radius 1 is 0.522 bits per heavy atom. The average Bonchev–Trinajstić information content (AvgIpc) is 3.04. The van der Waals surface area contributed by atoms with Crippen LogP contribution >= 0.6 is 23.2 Å². The molecule has 0 aliphatic rings. The van der Waals surface area contributed by atoms with E-state index in [1.165, 1.54) is 74.9 Å². The predicted molar refractivity (Wildman–Crippen MR) is 169 cm³/mol. The van der Waals surface area contributed by atoms with Crippen molar-refractivity contribution in [3.05, 3.63) is 119 Å². The summed E-state index contributed by atoms with van der Waals surface area (Å²) in [5.41, 5.74) is 0.487. The minimum absolute atomic E-state index is 0.0890. The second-order valence-electron chi connectivity index (χ2n) is 8.87. The van der Waals surface area contributed by atoms with Gasteiger partial charge in [0, 0.05) is 11.1 Å². The first kappa shape index (κ1) is 35.7. The van der Waals surface area contributed by atoms with Crippen LogP contribution in [0.25, 0.3) is 0 Å². The van der Waals surface area contributed by atoms with Crippen LogP contribution in [0, 0.1) is 0 Å². The summed E-state index contributed by atoms with van der Waals surface area (Å²) < 4.78 is 62.8. The molecule has 46 heavy (non-hydrogen) atoms. The monoisotopic (exact) mass is 706 g/mol. The largest absolute Gasteiger partial charge is 0.496 e. The maximum absolute atomic E-state index is 12.2. The molecule has 16 heteroatoms. The highest BCUT2D eigenvalue weighted by Crippen LogP contribution is 2.20. The average molecular weight is 708 g/mol. The number of para-hydroxylation sites is 2. The maximum atomic E-state index is 12.2. The van der Waals surface area contributed by atoms with Crippen molar-refractivity contribution in [3.63, 3.8) is 0 Å². The lowest BCUT2D eigenvalue weighted by Crippen LogP contribution is -2.30. The number of methoxy groups -OCH3 is 2. The van der Waals surface area contributed by atoms with Crippen LogP contribution < -0.4 is 18.9 Å². The Balaban J connectivity index is 0.000000250. The van der Waals surface area contributed by atoms with Gasteiger partial charge in [0.2, 0.25) is 0 Å². The number of benzene rings is 4. The lowest BCUT2D eigenvalue weighted by molar-refractivity contribution is 0.0969. The molecule has 0 radical (unpaired) electrons. The lowest BCUT2D eigenvalue weighted by atomic mass is 10.2. The number of halogens is 2. The Hall–Kier alpha value is -4.76.